The van der Waals surface area contributed by atoms with Crippen molar-refractivity contribution < 1.29 is 9.53 Å². The lowest BCUT2D eigenvalue weighted by Crippen LogP contribution is -2.36. The van der Waals surface area contributed by atoms with Crippen molar-refractivity contribution in [3.8, 4) is 5.75 Å². The number of amides is 1. The minimum Gasteiger partial charge on any atom is -0.491 e. The Morgan fingerprint density at radius 1 is 1.29 bits per heavy atom. The van der Waals surface area contributed by atoms with Gasteiger partial charge in [0.1, 0.15) is 16.8 Å². The summed E-state index contributed by atoms with van der Waals surface area (Å²) in [6.07, 6.45) is 8.39. The van der Waals surface area contributed by atoms with Crippen LogP contribution in [-0.4, -0.2) is 40.1 Å². The van der Waals surface area contributed by atoms with Gasteiger partial charge in [-0.3, -0.25) is 14.6 Å². The molecule has 1 N–H and O–H groups in total. The topological polar surface area (TPSA) is 79.7 Å². The van der Waals surface area contributed by atoms with Crippen LogP contribution in [0.3, 0.4) is 0 Å². The molecule has 0 atom stereocenters. The van der Waals surface area contributed by atoms with E-state index in [-0.39, 0.29) is 11.5 Å². The molecule has 1 aromatic heterocycles. The highest BCUT2D eigenvalue weighted by Crippen LogP contribution is 2.34. The van der Waals surface area contributed by atoms with Crippen molar-refractivity contribution >= 4 is 18.2 Å². The van der Waals surface area contributed by atoms with Crippen LogP contribution in [0, 0.1) is 6.92 Å². The molecule has 0 radical (unpaired) electrons. The number of benzene rings is 1. The van der Waals surface area contributed by atoms with Gasteiger partial charge in [-0.2, -0.15) is 0 Å². The maximum Gasteiger partial charge on any atom is 0.274 e. The van der Waals surface area contributed by atoms with Crippen molar-refractivity contribution in [2.75, 3.05) is 13.7 Å². The van der Waals surface area contributed by atoms with E-state index in [4.69, 9.17) is 4.74 Å². The number of fused-ring (bicyclic) bond motifs is 2. The number of carbonyl (C=O) groups is 1. The number of aromatic amines is 1. The van der Waals surface area contributed by atoms with E-state index in [2.05, 4.69) is 22.6 Å². The smallest absolute Gasteiger partial charge is 0.274 e. The van der Waals surface area contributed by atoms with Crippen LogP contribution in [0.4, 0.5) is 5.69 Å². The molecule has 1 fully saturated rings. The van der Waals surface area contributed by atoms with Crippen LogP contribution < -0.4 is 21.3 Å². The minimum atomic E-state index is -0.220. The fraction of sp³-hybridized carbons (Fsp3) is 0.542. The Labute approximate surface area is 182 Å². The first-order valence-corrected chi connectivity index (χ1v) is 11.3. The van der Waals surface area contributed by atoms with E-state index in [9.17, 15) is 9.59 Å². The van der Waals surface area contributed by atoms with Crippen LogP contribution >= 0.6 is 0 Å². The Kier molecular flexibility index (Phi) is 6.30. The number of carbonyl (C=O) groups excluding carboxylic acids is 1. The predicted octanol–water partition coefficient (Wildman–Crippen LogP) is 2.55. The Morgan fingerprint density at radius 2 is 2.03 bits per heavy atom. The summed E-state index contributed by atoms with van der Waals surface area (Å²) in [5.41, 5.74) is 3.09. The van der Waals surface area contributed by atoms with Gasteiger partial charge in [0.15, 0.2) is 0 Å². The highest BCUT2D eigenvalue weighted by molar-refractivity contribution is 5.76. The van der Waals surface area contributed by atoms with E-state index in [1.165, 1.54) is 25.7 Å². The van der Waals surface area contributed by atoms with Crippen molar-refractivity contribution in [2.24, 2.45) is 4.99 Å². The third-order valence-corrected chi connectivity index (χ3v) is 6.47. The molecule has 1 amide bonds. The normalized spacial score (nSPS) is 16.1. The molecule has 1 saturated carbocycles. The fourth-order valence-corrected chi connectivity index (χ4v) is 4.63. The lowest BCUT2D eigenvalue weighted by Gasteiger charge is -2.27. The zero-order chi connectivity index (χ0) is 22.0. The van der Waals surface area contributed by atoms with Crippen molar-refractivity contribution in [1.82, 2.24) is 14.5 Å². The highest BCUT2D eigenvalue weighted by Gasteiger charge is 2.21. The molecule has 7 heteroatoms. The lowest BCUT2D eigenvalue weighted by molar-refractivity contribution is -0.132. The van der Waals surface area contributed by atoms with Crippen LogP contribution in [0.15, 0.2) is 21.9 Å². The van der Waals surface area contributed by atoms with Crippen molar-refractivity contribution in [2.45, 2.75) is 70.9 Å². The van der Waals surface area contributed by atoms with Crippen LogP contribution in [0.2, 0.25) is 0 Å². The Hall–Kier alpha value is -2.83. The van der Waals surface area contributed by atoms with E-state index in [1.54, 1.807) is 4.57 Å². The van der Waals surface area contributed by atoms with Crippen LogP contribution in [0.5, 0.6) is 5.75 Å². The van der Waals surface area contributed by atoms with Gasteiger partial charge in [-0.1, -0.05) is 38.3 Å². The third-order valence-electron chi connectivity index (χ3n) is 6.47. The molecule has 2 aliphatic rings. The first kappa shape index (κ1) is 21.4. The molecule has 7 nitrogen and oxygen atoms in total. The summed E-state index contributed by atoms with van der Waals surface area (Å²) < 4.78 is 7.84. The van der Waals surface area contributed by atoms with Crippen LogP contribution in [0.25, 0.3) is 6.58 Å². The molecule has 31 heavy (non-hydrogen) atoms. The number of hydrogen-bond donors (Lipinski definition) is 1. The molecule has 0 bridgehead atoms. The van der Waals surface area contributed by atoms with Gasteiger partial charge in [0, 0.05) is 25.1 Å². The third kappa shape index (κ3) is 4.60. The number of nitrogens with zero attached hydrogens (tertiary/aromatic N) is 3. The second kappa shape index (κ2) is 9.12. The fourth-order valence-electron chi connectivity index (χ4n) is 4.63. The number of nitrogens with one attached hydrogen (secondary N) is 1. The summed E-state index contributed by atoms with van der Waals surface area (Å²) in [5, 5.41) is 0.407. The van der Waals surface area contributed by atoms with Crippen molar-refractivity contribution in [1.29, 1.82) is 0 Å². The summed E-state index contributed by atoms with van der Waals surface area (Å²) in [6, 6.07) is 4.41. The van der Waals surface area contributed by atoms with E-state index < -0.39 is 0 Å². The largest absolute Gasteiger partial charge is 0.491 e. The van der Waals surface area contributed by atoms with E-state index in [0.717, 1.165) is 29.7 Å². The zero-order valence-electron chi connectivity index (χ0n) is 18.6. The maximum atomic E-state index is 12.6. The second-order valence-electron chi connectivity index (χ2n) is 8.80. The summed E-state index contributed by atoms with van der Waals surface area (Å²) >= 11 is 0. The standard InChI is InChI=1S/C24H32N4O3/c1-16-13-18-15-28-17(2)23(30)26-24(28)25-22(18)20(14-16)31-12-8-11-21(29)27(3)19-9-6-4-5-7-10-19/h13-14,19H,2,4-12,15H2,1,3H3,(H,25,26,30). The first-order chi connectivity index (χ1) is 14.9. The molecule has 166 valence electrons. The molecule has 4 rings (SSSR count). The predicted molar refractivity (Wildman–Crippen MR) is 120 cm³/mol. The average Bonchev–Trinajstić information content (AvgIpc) is 2.94. The number of H-pyrrole nitrogens is 1. The van der Waals surface area contributed by atoms with Gasteiger partial charge in [0.2, 0.25) is 11.5 Å². The van der Waals surface area contributed by atoms with Crippen molar-refractivity contribution in [3.05, 3.63) is 44.6 Å². The van der Waals surface area contributed by atoms with Gasteiger partial charge in [-0.25, -0.2) is 4.99 Å². The van der Waals surface area contributed by atoms with E-state index >= 15 is 0 Å². The number of hydrogen-bond acceptors (Lipinski definition) is 4. The molecule has 2 aromatic rings. The summed E-state index contributed by atoms with van der Waals surface area (Å²) in [7, 11) is 1.95. The van der Waals surface area contributed by atoms with Gasteiger partial charge in [0.05, 0.1) is 13.2 Å². The SMILES string of the molecule is C=c1c(=O)[nH]c2n1Cc1cc(C)cc(OCCCC(=O)N(C)C3CCCCCC3)c1N=2. The summed E-state index contributed by atoms with van der Waals surface area (Å²) in [6.45, 7) is 6.84. The summed E-state index contributed by atoms with van der Waals surface area (Å²) in [4.78, 5) is 33.9. The van der Waals surface area contributed by atoms with E-state index in [0.29, 0.717) is 48.8 Å². The highest BCUT2D eigenvalue weighted by atomic mass is 16.5. The van der Waals surface area contributed by atoms with Gasteiger partial charge < -0.3 is 14.2 Å². The van der Waals surface area contributed by atoms with Crippen LogP contribution in [0.1, 0.15) is 62.5 Å². The van der Waals surface area contributed by atoms with Gasteiger partial charge in [-0.05, 0) is 37.8 Å². The van der Waals surface area contributed by atoms with Crippen molar-refractivity contribution in [3.63, 3.8) is 0 Å². The monoisotopic (exact) mass is 424 g/mol. The molecule has 1 aliphatic heterocycles. The number of imidazole rings is 1. The molecular formula is C24H32N4O3. The molecule has 1 aliphatic carbocycles. The minimum absolute atomic E-state index is 0.199. The number of aryl methyl sites for hydroxylation is 1. The maximum absolute atomic E-state index is 12.6. The number of rotatable bonds is 6. The lowest BCUT2D eigenvalue weighted by atomic mass is 10.1. The molecule has 2 heterocycles. The summed E-state index contributed by atoms with van der Waals surface area (Å²) in [5.74, 6) is 0.892. The van der Waals surface area contributed by atoms with Gasteiger partial charge in [-0.15, -0.1) is 0 Å². The quantitative estimate of drug-likeness (QED) is 0.488. The first-order valence-electron chi connectivity index (χ1n) is 11.3. The Balaban J connectivity index is 1.39. The van der Waals surface area contributed by atoms with Crippen LogP contribution in [-0.2, 0) is 11.3 Å². The number of ether oxygens (including phenoxy) is 1. The average molecular weight is 425 g/mol. The molecule has 0 spiro atoms. The van der Waals surface area contributed by atoms with Gasteiger partial charge in [0.25, 0.3) is 5.56 Å². The molecule has 0 unspecified atom stereocenters. The number of aromatic nitrogens is 2. The molecular weight excluding hydrogens is 392 g/mol. The molecule has 1 aromatic carbocycles. The Morgan fingerprint density at radius 3 is 2.77 bits per heavy atom. The Bertz CT molecular complexity index is 1120. The zero-order valence-corrected chi connectivity index (χ0v) is 18.6. The molecule has 0 saturated heterocycles. The van der Waals surface area contributed by atoms with E-state index in [1.807, 2.05) is 24.9 Å². The van der Waals surface area contributed by atoms with Gasteiger partial charge >= 0.3 is 0 Å². The second-order valence-corrected chi connectivity index (χ2v) is 8.80.